The highest BCUT2D eigenvalue weighted by Gasteiger charge is 2.14. The van der Waals surface area contributed by atoms with Gasteiger partial charge in [-0.05, 0) is 42.0 Å². The second kappa shape index (κ2) is 6.88. The van der Waals surface area contributed by atoms with Crippen LogP contribution in [0.5, 0.6) is 11.5 Å². The lowest BCUT2D eigenvalue weighted by Crippen LogP contribution is -1.95. The van der Waals surface area contributed by atoms with Crippen molar-refractivity contribution in [2.24, 2.45) is 0 Å². The quantitative estimate of drug-likeness (QED) is 0.482. The van der Waals surface area contributed by atoms with Crippen molar-refractivity contribution < 1.29 is 22.6 Å². The second-order valence-electron chi connectivity index (χ2n) is 4.50. The molecule has 0 spiro atoms. The Morgan fingerprint density at radius 3 is 2.26 bits per heavy atom. The van der Waals surface area contributed by atoms with Crippen LogP contribution in [0.4, 0.5) is 13.2 Å². The number of methoxy groups -OCH3 is 2. The van der Waals surface area contributed by atoms with Gasteiger partial charge in [0.2, 0.25) is 0 Å². The third-order valence-corrected chi connectivity index (χ3v) is 3.18. The summed E-state index contributed by atoms with van der Waals surface area (Å²) in [5, 5.41) is 9.25. The maximum atomic E-state index is 13.7. The molecule has 0 radical (unpaired) electrons. The molecule has 0 aliphatic heterocycles. The molecule has 0 fully saturated rings. The van der Waals surface area contributed by atoms with Crippen molar-refractivity contribution in [2.45, 2.75) is 0 Å². The summed E-state index contributed by atoms with van der Waals surface area (Å²) in [6.07, 6.45) is 0.953. The fourth-order valence-electron chi connectivity index (χ4n) is 2.00. The largest absolute Gasteiger partial charge is 0.493 e. The van der Waals surface area contributed by atoms with Crippen LogP contribution in [0.25, 0.3) is 11.6 Å². The Morgan fingerprint density at radius 2 is 1.65 bits per heavy atom. The molecule has 2 aromatic rings. The Bertz CT molecular complexity index is 810. The first kappa shape index (κ1) is 16.4. The van der Waals surface area contributed by atoms with E-state index < -0.39 is 23.0 Å². The summed E-state index contributed by atoms with van der Waals surface area (Å²) in [6, 6.07) is 7.90. The number of hydrogen-bond acceptors (Lipinski definition) is 3. The highest BCUT2D eigenvalue weighted by atomic mass is 19.2. The molecule has 0 atom stereocenters. The van der Waals surface area contributed by atoms with Crippen LogP contribution in [-0.2, 0) is 0 Å². The number of rotatable bonds is 4. The van der Waals surface area contributed by atoms with Crippen LogP contribution in [0.3, 0.4) is 0 Å². The molecule has 0 heterocycles. The van der Waals surface area contributed by atoms with E-state index in [9.17, 15) is 18.4 Å². The van der Waals surface area contributed by atoms with Gasteiger partial charge in [0.1, 0.15) is 5.82 Å². The second-order valence-corrected chi connectivity index (χ2v) is 4.50. The first-order valence-electron chi connectivity index (χ1n) is 6.49. The average Bonchev–Trinajstić information content (AvgIpc) is 2.58. The minimum atomic E-state index is -1.35. The van der Waals surface area contributed by atoms with Crippen molar-refractivity contribution >= 4 is 11.6 Å². The lowest BCUT2D eigenvalue weighted by Gasteiger charge is -2.09. The van der Waals surface area contributed by atoms with E-state index in [2.05, 4.69) is 0 Å². The fourth-order valence-corrected chi connectivity index (χ4v) is 2.00. The predicted octanol–water partition coefficient (Wildman–Crippen LogP) is 4.19. The zero-order chi connectivity index (χ0) is 17.0. The fraction of sp³-hybridized carbons (Fsp3) is 0.118. The van der Waals surface area contributed by atoms with E-state index in [1.54, 1.807) is 6.07 Å². The van der Waals surface area contributed by atoms with Crippen molar-refractivity contribution in [1.29, 1.82) is 5.26 Å². The minimum absolute atomic E-state index is 0.0469. The monoisotopic (exact) mass is 319 g/mol. The summed E-state index contributed by atoms with van der Waals surface area (Å²) >= 11 is 0. The van der Waals surface area contributed by atoms with Crippen LogP contribution < -0.4 is 9.47 Å². The number of nitrogens with zero attached hydrogens (tertiary/aromatic N) is 1. The number of benzene rings is 2. The topological polar surface area (TPSA) is 42.2 Å². The van der Waals surface area contributed by atoms with Crippen LogP contribution in [-0.4, -0.2) is 14.2 Å². The molecular weight excluding hydrogens is 307 g/mol. The molecule has 0 unspecified atom stereocenters. The van der Waals surface area contributed by atoms with E-state index in [1.807, 2.05) is 6.07 Å². The third kappa shape index (κ3) is 3.29. The molecule has 0 aliphatic carbocycles. The molecule has 0 amide bonds. The van der Waals surface area contributed by atoms with Gasteiger partial charge in [-0.1, -0.05) is 0 Å². The van der Waals surface area contributed by atoms with Gasteiger partial charge in [0, 0.05) is 0 Å². The average molecular weight is 319 g/mol. The standard InChI is InChI=1S/C17H12F3NO2/c1-22-15-6-3-10(8-16(15)23-2)11(9-21)7-12-13(18)4-5-14(19)17(12)20/h3-8H,1-2H3. The smallest absolute Gasteiger partial charge is 0.169 e. The number of allylic oxidation sites excluding steroid dienone is 1. The van der Waals surface area contributed by atoms with Crippen LogP contribution in [0.1, 0.15) is 11.1 Å². The SMILES string of the molecule is COc1ccc(C(C#N)=Cc2c(F)ccc(F)c2F)cc1OC. The molecule has 3 nitrogen and oxygen atoms in total. The number of nitriles is 1. The van der Waals surface area contributed by atoms with E-state index in [0.717, 1.165) is 12.1 Å². The van der Waals surface area contributed by atoms with Gasteiger partial charge in [0.25, 0.3) is 0 Å². The molecule has 118 valence electrons. The third-order valence-electron chi connectivity index (χ3n) is 3.18. The van der Waals surface area contributed by atoms with Gasteiger partial charge in [0.15, 0.2) is 23.1 Å². The van der Waals surface area contributed by atoms with E-state index in [0.29, 0.717) is 23.1 Å². The highest BCUT2D eigenvalue weighted by Crippen LogP contribution is 2.31. The molecule has 6 heteroatoms. The summed E-state index contributed by atoms with van der Waals surface area (Å²) in [4.78, 5) is 0. The highest BCUT2D eigenvalue weighted by molar-refractivity contribution is 5.90. The van der Waals surface area contributed by atoms with Gasteiger partial charge in [-0.3, -0.25) is 0 Å². The molecule has 0 N–H and O–H groups in total. The summed E-state index contributed by atoms with van der Waals surface area (Å²) in [5.74, 6) is -2.71. The zero-order valence-corrected chi connectivity index (χ0v) is 12.4. The zero-order valence-electron chi connectivity index (χ0n) is 12.4. The lowest BCUT2D eigenvalue weighted by molar-refractivity contribution is 0.355. The van der Waals surface area contributed by atoms with Crippen LogP contribution >= 0.6 is 0 Å². The van der Waals surface area contributed by atoms with Crippen LogP contribution in [0.15, 0.2) is 30.3 Å². The maximum Gasteiger partial charge on any atom is 0.169 e. The van der Waals surface area contributed by atoms with Gasteiger partial charge >= 0.3 is 0 Å². The first-order chi connectivity index (χ1) is 11.0. The normalized spacial score (nSPS) is 11.0. The van der Waals surface area contributed by atoms with Gasteiger partial charge in [-0.25, -0.2) is 13.2 Å². The van der Waals surface area contributed by atoms with Gasteiger partial charge in [0.05, 0.1) is 31.4 Å². The van der Waals surface area contributed by atoms with E-state index in [1.165, 1.54) is 26.4 Å². The van der Waals surface area contributed by atoms with Crippen LogP contribution in [0, 0.1) is 28.8 Å². The molecule has 0 saturated heterocycles. The van der Waals surface area contributed by atoms with Crippen molar-refractivity contribution in [1.82, 2.24) is 0 Å². The summed E-state index contributed by atoms with van der Waals surface area (Å²) in [7, 11) is 2.87. The van der Waals surface area contributed by atoms with E-state index in [-0.39, 0.29) is 5.57 Å². The van der Waals surface area contributed by atoms with Crippen molar-refractivity contribution in [3.8, 4) is 17.6 Å². The molecule has 0 saturated carbocycles. The minimum Gasteiger partial charge on any atom is -0.493 e. The van der Waals surface area contributed by atoms with Crippen molar-refractivity contribution in [3.05, 3.63) is 58.9 Å². The lowest BCUT2D eigenvalue weighted by atomic mass is 10.0. The number of ether oxygens (including phenoxy) is 2. The Kier molecular flexibility index (Phi) is 4.91. The van der Waals surface area contributed by atoms with Gasteiger partial charge in [-0.2, -0.15) is 5.26 Å². The molecule has 23 heavy (non-hydrogen) atoms. The van der Waals surface area contributed by atoms with Gasteiger partial charge < -0.3 is 9.47 Å². The Hall–Kier alpha value is -2.94. The molecule has 0 bridgehead atoms. The Balaban J connectivity index is 2.57. The first-order valence-corrected chi connectivity index (χ1v) is 6.49. The molecule has 2 rings (SSSR count). The van der Waals surface area contributed by atoms with E-state index in [4.69, 9.17) is 9.47 Å². The summed E-state index contributed by atoms with van der Waals surface area (Å²) < 4.78 is 50.9. The van der Waals surface area contributed by atoms with Crippen molar-refractivity contribution in [3.63, 3.8) is 0 Å². The molecule has 0 aromatic heterocycles. The summed E-state index contributed by atoms with van der Waals surface area (Å²) in [5.41, 5.74) is -0.307. The molecular formula is C17H12F3NO2. The number of halogens is 3. The predicted molar refractivity (Wildman–Crippen MR) is 79.3 cm³/mol. The molecule has 2 aromatic carbocycles. The van der Waals surface area contributed by atoms with Crippen molar-refractivity contribution in [2.75, 3.05) is 14.2 Å². The van der Waals surface area contributed by atoms with Crippen LogP contribution in [0.2, 0.25) is 0 Å². The molecule has 0 aliphatic rings. The van der Waals surface area contributed by atoms with Gasteiger partial charge in [-0.15, -0.1) is 0 Å². The summed E-state index contributed by atoms with van der Waals surface area (Å²) in [6.45, 7) is 0. The Labute approximate surface area is 131 Å². The maximum absolute atomic E-state index is 13.7. The Morgan fingerprint density at radius 1 is 1.00 bits per heavy atom. The van der Waals surface area contributed by atoms with E-state index >= 15 is 0 Å². The number of hydrogen-bond donors (Lipinski definition) is 0.